The zero-order chi connectivity index (χ0) is 14.7. The lowest BCUT2D eigenvalue weighted by Crippen LogP contribution is -2.28. The highest BCUT2D eigenvalue weighted by atomic mass is 16.6. The van der Waals surface area contributed by atoms with Gasteiger partial charge in [-0.05, 0) is 39.2 Å². The van der Waals surface area contributed by atoms with E-state index in [0.717, 1.165) is 25.7 Å². The summed E-state index contributed by atoms with van der Waals surface area (Å²) in [6.45, 7) is 4.82. The zero-order valence-corrected chi connectivity index (χ0v) is 12.0. The van der Waals surface area contributed by atoms with E-state index in [1.165, 1.54) is 0 Å². The van der Waals surface area contributed by atoms with Crippen LogP contribution in [0.2, 0.25) is 0 Å². The highest BCUT2D eigenvalue weighted by Crippen LogP contribution is 2.35. The lowest BCUT2D eigenvalue weighted by molar-refractivity contribution is -0.386. The Morgan fingerprint density at radius 3 is 2.90 bits per heavy atom. The molecule has 1 aliphatic rings. The van der Waals surface area contributed by atoms with Crippen LogP contribution in [0.3, 0.4) is 0 Å². The first-order valence-electron chi connectivity index (χ1n) is 7.17. The Morgan fingerprint density at radius 1 is 1.55 bits per heavy atom. The number of nitro groups is 1. The first-order valence-corrected chi connectivity index (χ1v) is 7.17. The summed E-state index contributed by atoms with van der Waals surface area (Å²) in [5.41, 5.74) is 6.13. The first-order chi connectivity index (χ1) is 9.58. The zero-order valence-electron chi connectivity index (χ0n) is 12.0. The summed E-state index contributed by atoms with van der Waals surface area (Å²) < 4.78 is 7.57. The van der Waals surface area contributed by atoms with Crippen molar-refractivity contribution in [3.05, 3.63) is 15.8 Å². The molecule has 1 saturated carbocycles. The second kappa shape index (κ2) is 6.21. The van der Waals surface area contributed by atoms with Crippen molar-refractivity contribution in [2.45, 2.75) is 52.2 Å². The van der Waals surface area contributed by atoms with Crippen LogP contribution >= 0.6 is 0 Å². The van der Waals surface area contributed by atoms with Gasteiger partial charge in [0.25, 0.3) is 5.88 Å². The summed E-state index contributed by atoms with van der Waals surface area (Å²) in [4.78, 5) is 10.8. The van der Waals surface area contributed by atoms with Gasteiger partial charge in [0.15, 0.2) is 0 Å². The maximum Gasteiger partial charge on any atom is 0.353 e. The minimum absolute atomic E-state index is 0.0129. The van der Waals surface area contributed by atoms with Crippen molar-refractivity contribution < 1.29 is 9.66 Å². The van der Waals surface area contributed by atoms with Crippen LogP contribution < -0.4 is 10.5 Å². The Balaban J connectivity index is 2.30. The number of hydrogen-bond acceptors (Lipinski definition) is 5. The summed E-state index contributed by atoms with van der Waals surface area (Å²) in [7, 11) is 0. The molecule has 7 heteroatoms. The number of aromatic nitrogens is 2. The third kappa shape index (κ3) is 2.77. The average molecular weight is 282 g/mol. The minimum atomic E-state index is -0.407. The monoisotopic (exact) mass is 282 g/mol. The second-order valence-corrected chi connectivity index (χ2v) is 5.30. The summed E-state index contributed by atoms with van der Waals surface area (Å²) in [5, 5.41) is 15.5. The van der Waals surface area contributed by atoms with Crippen LogP contribution in [0.25, 0.3) is 0 Å². The van der Waals surface area contributed by atoms with Crippen LogP contribution in [-0.2, 0) is 6.54 Å². The van der Waals surface area contributed by atoms with Crippen molar-refractivity contribution in [3.8, 4) is 5.88 Å². The topological polar surface area (TPSA) is 96.2 Å². The minimum Gasteiger partial charge on any atom is -0.469 e. The van der Waals surface area contributed by atoms with Crippen LogP contribution in [-0.4, -0.2) is 27.4 Å². The smallest absolute Gasteiger partial charge is 0.353 e. The molecule has 0 radical (unpaired) electrons. The molecule has 0 bridgehead atoms. The van der Waals surface area contributed by atoms with E-state index in [4.69, 9.17) is 10.5 Å². The Labute approximate surface area is 118 Å². The van der Waals surface area contributed by atoms with Gasteiger partial charge in [-0.15, -0.1) is 0 Å². The van der Waals surface area contributed by atoms with Gasteiger partial charge < -0.3 is 10.5 Å². The third-order valence-electron chi connectivity index (χ3n) is 3.82. The van der Waals surface area contributed by atoms with Crippen LogP contribution in [0.1, 0.15) is 38.3 Å². The molecule has 0 amide bonds. The third-order valence-corrected chi connectivity index (χ3v) is 3.82. The standard InChI is InChI=1S/C13H22N4O3/c1-3-7-16-13(12(17(18)19)9(2)15-16)20-11-6-4-5-10(11)8-14/h10-11H,3-8,14H2,1-2H3. The molecule has 2 unspecified atom stereocenters. The molecule has 0 aromatic carbocycles. The number of nitrogens with two attached hydrogens (primary N) is 1. The van der Waals surface area contributed by atoms with E-state index in [9.17, 15) is 10.1 Å². The molecule has 0 aliphatic heterocycles. The molecule has 7 nitrogen and oxygen atoms in total. The number of nitrogens with zero attached hydrogens (tertiary/aromatic N) is 3. The maximum absolute atomic E-state index is 11.2. The van der Waals surface area contributed by atoms with Gasteiger partial charge in [-0.2, -0.15) is 5.10 Å². The van der Waals surface area contributed by atoms with Crippen molar-refractivity contribution in [3.63, 3.8) is 0 Å². The number of ether oxygens (including phenoxy) is 1. The van der Waals surface area contributed by atoms with E-state index in [1.54, 1.807) is 11.6 Å². The Bertz CT molecular complexity index is 486. The molecule has 1 fully saturated rings. The molecule has 1 aromatic rings. The first kappa shape index (κ1) is 14.8. The molecular weight excluding hydrogens is 260 g/mol. The SMILES string of the molecule is CCCn1nc(C)c([N+](=O)[O-])c1OC1CCCC1CN. The summed E-state index contributed by atoms with van der Waals surface area (Å²) in [6.07, 6.45) is 3.79. The largest absolute Gasteiger partial charge is 0.469 e. The molecule has 0 spiro atoms. The van der Waals surface area contributed by atoms with Gasteiger partial charge in [-0.3, -0.25) is 10.1 Å². The molecule has 2 atom stereocenters. The van der Waals surface area contributed by atoms with Gasteiger partial charge in [0, 0.05) is 12.5 Å². The maximum atomic E-state index is 11.2. The average Bonchev–Trinajstić information content (AvgIpc) is 2.95. The second-order valence-electron chi connectivity index (χ2n) is 5.30. The Hall–Kier alpha value is -1.63. The lowest BCUT2D eigenvalue weighted by Gasteiger charge is -2.19. The van der Waals surface area contributed by atoms with Crippen LogP contribution in [0.5, 0.6) is 5.88 Å². The Morgan fingerprint density at radius 2 is 2.30 bits per heavy atom. The van der Waals surface area contributed by atoms with E-state index in [-0.39, 0.29) is 17.7 Å². The van der Waals surface area contributed by atoms with Crippen LogP contribution in [0, 0.1) is 23.0 Å². The van der Waals surface area contributed by atoms with Gasteiger partial charge in [0.05, 0.1) is 4.92 Å². The van der Waals surface area contributed by atoms with Crippen molar-refractivity contribution in [2.24, 2.45) is 11.7 Å². The Kier molecular flexibility index (Phi) is 4.59. The quantitative estimate of drug-likeness (QED) is 0.636. The number of hydrogen-bond donors (Lipinski definition) is 1. The van der Waals surface area contributed by atoms with E-state index < -0.39 is 4.92 Å². The fourth-order valence-corrected chi connectivity index (χ4v) is 2.81. The van der Waals surface area contributed by atoms with Crippen LogP contribution in [0.4, 0.5) is 5.69 Å². The van der Waals surface area contributed by atoms with Crippen molar-refractivity contribution >= 4 is 5.69 Å². The molecule has 20 heavy (non-hydrogen) atoms. The van der Waals surface area contributed by atoms with Gasteiger partial charge >= 0.3 is 5.69 Å². The molecule has 112 valence electrons. The van der Waals surface area contributed by atoms with Crippen molar-refractivity contribution in [1.82, 2.24) is 9.78 Å². The molecule has 1 heterocycles. The van der Waals surface area contributed by atoms with Gasteiger partial charge in [0.1, 0.15) is 11.8 Å². The molecule has 2 N–H and O–H groups in total. The van der Waals surface area contributed by atoms with Crippen molar-refractivity contribution in [1.29, 1.82) is 0 Å². The summed E-state index contributed by atoms with van der Waals surface area (Å²) >= 11 is 0. The van der Waals surface area contributed by atoms with Crippen LogP contribution in [0.15, 0.2) is 0 Å². The van der Waals surface area contributed by atoms with Crippen molar-refractivity contribution in [2.75, 3.05) is 6.54 Å². The fraction of sp³-hybridized carbons (Fsp3) is 0.769. The number of aryl methyl sites for hydroxylation is 2. The molecular formula is C13H22N4O3. The summed E-state index contributed by atoms with van der Waals surface area (Å²) in [6, 6.07) is 0. The molecule has 1 aromatic heterocycles. The van der Waals surface area contributed by atoms with Gasteiger partial charge in [-0.25, -0.2) is 4.68 Å². The predicted octanol–water partition coefficient (Wildman–Crippen LogP) is 2.02. The highest BCUT2D eigenvalue weighted by molar-refractivity contribution is 5.45. The van der Waals surface area contributed by atoms with E-state index >= 15 is 0 Å². The summed E-state index contributed by atoms with van der Waals surface area (Å²) in [5.74, 6) is 0.569. The fourth-order valence-electron chi connectivity index (χ4n) is 2.81. The normalized spacial score (nSPS) is 22.1. The van der Waals surface area contributed by atoms with Gasteiger partial charge in [0.2, 0.25) is 0 Å². The van der Waals surface area contributed by atoms with E-state index in [0.29, 0.717) is 24.7 Å². The van der Waals surface area contributed by atoms with E-state index in [1.807, 2.05) is 6.92 Å². The molecule has 1 aliphatic carbocycles. The highest BCUT2D eigenvalue weighted by Gasteiger charge is 2.33. The number of rotatable bonds is 6. The van der Waals surface area contributed by atoms with Gasteiger partial charge in [-0.1, -0.05) is 6.92 Å². The van der Waals surface area contributed by atoms with E-state index in [2.05, 4.69) is 5.10 Å². The molecule has 2 rings (SSSR count). The molecule has 0 saturated heterocycles. The lowest BCUT2D eigenvalue weighted by atomic mass is 10.1. The predicted molar refractivity (Wildman–Crippen MR) is 74.7 cm³/mol.